The van der Waals surface area contributed by atoms with Gasteiger partial charge in [0.05, 0.1) is 29.1 Å². The van der Waals surface area contributed by atoms with E-state index < -0.39 is 6.10 Å². The van der Waals surface area contributed by atoms with E-state index in [0.717, 1.165) is 17.1 Å². The fourth-order valence-corrected chi connectivity index (χ4v) is 2.18. The first-order valence-corrected chi connectivity index (χ1v) is 5.89. The minimum absolute atomic E-state index is 0.488. The highest BCUT2D eigenvalue weighted by Gasteiger charge is 2.14. The molecule has 1 unspecified atom stereocenters. The van der Waals surface area contributed by atoms with Gasteiger partial charge in [0.25, 0.3) is 0 Å². The van der Waals surface area contributed by atoms with Gasteiger partial charge in [0.1, 0.15) is 0 Å². The summed E-state index contributed by atoms with van der Waals surface area (Å²) in [5.41, 5.74) is 2.65. The molecule has 92 valence electrons. The van der Waals surface area contributed by atoms with Gasteiger partial charge in [-0.3, -0.25) is 4.68 Å². The van der Waals surface area contributed by atoms with Gasteiger partial charge < -0.3 is 9.67 Å². The number of hydrogen-bond donors (Lipinski definition) is 1. The van der Waals surface area contributed by atoms with Gasteiger partial charge >= 0.3 is 0 Å². The summed E-state index contributed by atoms with van der Waals surface area (Å²) >= 11 is 6.20. The highest BCUT2D eigenvalue weighted by molar-refractivity contribution is 6.31. The second-order valence-electron chi connectivity index (χ2n) is 4.21. The molecule has 0 saturated heterocycles. The number of aliphatic hydroxyl groups is 1. The molecule has 0 aliphatic heterocycles. The number of hydrogen-bond acceptors (Lipinski definition) is 2. The molecule has 4 nitrogen and oxygen atoms in total. The van der Waals surface area contributed by atoms with Crippen LogP contribution in [0.1, 0.15) is 30.1 Å². The summed E-state index contributed by atoms with van der Waals surface area (Å²) in [6.45, 7) is 4.25. The van der Waals surface area contributed by atoms with Crippen LogP contribution in [-0.4, -0.2) is 19.5 Å². The standard InChI is InChI=1S/C12H16ClN3O/c1-8-12(13)11(15(3)14-8)7-16-6-4-5-10(16)9(2)17/h4-6,9,17H,7H2,1-3H3. The van der Waals surface area contributed by atoms with Gasteiger partial charge in [-0.1, -0.05) is 11.6 Å². The number of aliphatic hydroxyl groups excluding tert-OH is 1. The van der Waals surface area contributed by atoms with Gasteiger partial charge in [-0.15, -0.1) is 0 Å². The molecule has 0 spiro atoms. The predicted molar refractivity (Wildman–Crippen MR) is 67.1 cm³/mol. The first-order valence-electron chi connectivity index (χ1n) is 5.51. The van der Waals surface area contributed by atoms with Crippen molar-refractivity contribution in [1.29, 1.82) is 0 Å². The fourth-order valence-electron chi connectivity index (χ4n) is 1.96. The minimum atomic E-state index is -0.488. The highest BCUT2D eigenvalue weighted by Crippen LogP contribution is 2.22. The van der Waals surface area contributed by atoms with Crippen LogP contribution in [0.2, 0.25) is 5.02 Å². The van der Waals surface area contributed by atoms with E-state index in [0.29, 0.717) is 11.6 Å². The summed E-state index contributed by atoms with van der Waals surface area (Å²) < 4.78 is 3.76. The quantitative estimate of drug-likeness (QED) is 0.912. The SMILES string of the molecule is Cc1nn(C)c(Cn2cccc2C(C)O)c1Cl. The molecule has 2 rings (SSSR count). The highest BCUT2D eigenvalue weighted by atomic mass is 35.5. The molecule has 0 amide bonds. The largest absolute Gasteiger partial charge is 0.387 e. The molecule has 2 heterocycles. The zero-order valence-electron chi connectivity index (χ0n) is 10.2. The van der Waals surface area contributed by atoms with Crippen molar-refractivity contribution in [1.82, 2.24) is 14.3 Å². The lowest BCUT2D eigenvalue weighted by Crippen LogP contribution is -2.09. The number of aromatic nitrogens is 3. The smallest absolute Gasteiger partial charge is 0.0911 e. The lowest BCUT2D eigenvalue weighted by Gasteiger charge is -2.11. The Hall–Kier alpha value is -1.26. The molecule has 0 fully saturated rings. The van der Waals surface area contributed by atoms with Crippen LogP contribution in [-0.2, 0) is 13.6 Å². The Kier molecular flexibility index (Phi) is 3.26. The average Bonchev–Trinajstić information content (AvgIpc) is 2.80. The maximum absolute atomic E-state index is 9.64. The number of nitrogens with zero attached hydrogens (tertiary/aromatic N) is 3. The summed E-state index contributed by atoms with van der Waals surface area (Å²) in [7, 11) is 1.87. The molecule has 1 atom stereocenters. The molecule has 5 heteroatoms. The van der Waals surface area contributed by atoms with Crippen LogP contribution in [0.4, 0.5) is 0 Å². The van der Waals surface area contributed by atoms with Gasteiger partial charge in [-0.2, -0.15) is 5.10 Å². The van der Waals surface area contributed by atoms with Crippen LogP contribution in [0.25, 0.3) is 0 Å². The van der Waals surface area contributed by atoms with E-state index in [-0.39, 0.29) is 0 Å². The van der Waals surface area contributed by atoms with Crippen LogP contribution in [0.15, 0.2) is 18.3 Å². The lowest BCUT2D eigenvalue weighted by atomic mass is 10.3. The third-order valence-electron chi connectivity index (χ3n) is 2.87. The van der Waals surface area contributed by atoms with E-state index in [9.17, 15) is 5.11 Å². The number of halogens is 1. The summed E-state index contributed by atoms with van der Waals surface area (Å²) in [4.78, 5) is 0. The lowest BCUT2D eigenvalue weighted by molar-refractivity contribution is 0.189. The Labute approximate surface area is 105 Å². The van der Waals surface area contributed by atoms with E-state index in [2.05, 4.69) is 5.10 Å². The van der Waals surface area contributed by atoms with Gasteiger partial charge in [0.15, 0.2) is 0 Å². The molecule has 1 N–H and O–H groups in total. The molecule has 2 aromatic heterocycles. The molecule has 0 aliphatic carbocycles. The van der Waals surface area contributed by atoms with Crippen LogP contribution in [0, 0.1) is 6.92 Å². The third-order valence-corrected chi connectivity index (χ3v) is 3.37. The first-order chi connectivity index (χ1) is 8.00. The minimum Gasteiger partial charge on any atom is -0.387 e. The van der Waals surface area contributed by atoms with Gasteiger partial charge in [0.2, 0.25) is 0 Å². The fraction of sp³-hybridized carbons (Fsp3) is 0.417. The molecular formula is C12H16ClN3O. The Balaban J connectivity index is 2.35. The maximum atomic E-state index is 9.64. The van der Waals surface area contributed by atoms with E-state index in [1.807, 2.05) is 36.9 Å². The second-order valence-corrected chi connectivity index (χ2v) is 4.58. The van der Waals surface area contributed by atoms with E-state index in [4.69, 9.17) is 11.6 Å². The van der Waals surface area contributed by atoms with E-state index in [1.165, 1.54) is 0 Å². The molecule has 0 radical (unpaired) electrons. The van der Waals surface area contributed by atoms with Gasteiger partial charge in [0, 0.05) is 18.9 Å². The Morgan fingerprint density at radius 3 is 2.76 bits per heavy atom. The molecule has 0 aliphatic rings. The molecule has 0 aromatic carbocycles. The summed E-state index contributed by atoms with van der Waals surface area (Å²) in [6, 6.07) is 3.82. The summed E-state index contributed by atoms with van der Waals surface area (Å²) in [5.74, 6) is 0. The van der Waals surface area contributed by atoms with Gasteiger partial charge in [-0.25, -0.2) is 0 Å². The van der Waals surface area contributed by atoms with Crippen molar-refractivity contribution in [2.24, 2.45) is 7.05 Å². The van der Waals surface area contributed by atoms with Crippen molar-refractivity contribution in [3.05, 3.63) is 40.4 Å². The zero-order valence-corrected chi connectivity index (χ0v) is 10.9. The monoisotopic (exact) mass is 253 g/mol. The van der Waals surface area contributed by atoms with Gasteiger partial charge in [-0.05, 0) is 26.0 Å². The Morgan fingerprint density at radius 1 is 1.53 bits per heavy atom. The first kappa shape index (κ1) is 12.2. The second kappa shape index (κ2) is 4.55. The van der Waals surface area contributed by atoms with E-state index in [1.54, 1.807) is 11.6 Å². The van der Waals surface area contributed by atoms with Crippen molar-refractivity contribution >= 4 is 11.6 Å². The molecule has 0 saturated carbocycles. The normalized spacial score (nSPS) is 13.0. The summed E-state index contributed by atoms with van der Waals surface area (Å²) in [5, 5.41) is 14.6. The summed E-state index contributed by atoms with van der Waals surface area (Å²) in [6.07, 6.45) is 1.44. The van der Waals surface area contributed by atoms with Crippen molar-refractivity contribution in [2.45, 2.75) is 26.5 Å². The molecule has 0 bridgehead atoms. The number of rotatable bonds is 3. The van der Waals surface area contributed by atoms with Crippen LogP contribution in [0.3, 0.4) is 0 Å². The van der Waals surface area contributed by atoms with E-state index >= 15 is 0 Å². The maximum Gasteiger partial charge on any atom is 0.0911 e. The zero-order chi connectivity index (χ0) is 12.6. The van der Waals surface area contributed by atoms with Crippen molar-refractivity contribution < 1.29 is 5.11 Å². The topological polar surface area (TPSA) is 43.0 Å². The predicted octanol–water partition coefficient (Wildman–Crippen LogP) is 2.29. The number of aryl methyl sites for hydroxylation is 2. The van der Waals surface area contributed by atoms with Crippen molar-refractivity contribution in [3.63, 3.8) is 0 Å². The van der Waals surface area contributed by atoms with Crippen molar-refractivity contribution in [3.8, 4) is 0 Å². The van der Waals surface area contributed by atoms with Crippen LogP contribution in [0.5, 0.6) is 0 Å². The van der Waals surface area contributed by atoms with Crippen LogP contribution < -0.4 is 0 Å². The molecule has 17 heavy (non-hydrogen) atoms. The molecule has 2 aromatic rings. The van der Waals surface area contributed by atoms with Crippen LogP contribution >= 0.6 is 11.6 Å². The van der Waals surface area contributed by atoms with Crippen molar-refractivity contribution in [2.75, 3.05) is 0 Å². The average molecular weight is 254 g/mol. The Morgan fingerprint density at radius 2 is 2.24 bits per heavy atom. The molecular weight excluding hydrogens is 238 g/mol. The third kappa shape index (κ3) is 2.23. The Bertz CT molecular complexity index is 528.